The molecule has 0 saturated heterocycles. The molecule has 0 radical (unpaired) electrons. The zero-order valence-corrected chi connectivity index (χ0v) is 6.54. The lowest BCUT2D eigenvalue weighted by molar-refractivity contribution is 0.807. The summed E-state index contributed by atoms with van der Waals surface area (Å²) in [6.45, 7) is 5.18. The lowest BCUT2D eigenvalue weighted by Gasteiger charge is -2.01. The van der Waals surface area contributed by atoms with Crippen LogP contribution in [-0.4, -0.2) is 12.8 Å². The van der Waals surface area contributed by atoms with Crippen LogP contribution >= 0.6 is 0 Å². The van der Waals surface area contributed by atoms with Crippen molar-refractivity contribution in [3.05, 3.63) is 23.8 Å². The molecule has 0 spiro atoms. The summed E-state index contributed by atoms with van der Waals surface area (Å²) in [6.07, 6.45) is 8.22. The highest BCUT2D eigenvalue weighted by Crippen LogP contribution is 2.08. The molecule has 10 heavy (non-hydrogen) atoms. The van der Waals surface area contributed by atoms with Gasteiger partial charge in [-0.1, -0.05) is 32.1 Å². The number of aliphatic imine (C=N–C) groups is 1. The summed E-state index contributed by atoms with van der Waals surface area (Å²) in [5, 5.41) is 0. The second-order valence-corrected chi connectivity index (χ2v) is 2.74. The van der Waals surface area contributed by atoms with Crippen LogP contribution in [0.5, 0.6) is 0 Å². The Morgan fingerprint density at radius 1 is 1.50 bits per heavy atom. The van der Waals surface area contributed by atoms with Gasteiger partial charge in [0, 0.05) is 6.21 Å². The third-order valence-corrected chi connectivity index (χ3v) is 1.54. The van der Waals surface area contributed by atoms with Crippen LogP contribution in [0.25, 0.3) is 0 Å². The van der Waals surface area contributed by atoms with Gasteiger partial charge < -0.3 is 0 Å². The zero-order valence-electron chi connectivity index (χ0n) is 6.54. The summed E-state index contributed by atoms with van der Waals surface area (Å²) in [5.74, 6) is 0.589. The number of hydrogen-bond acceptors (Lipinski definition) is 1. The van der Waals surface area contributed by atoms with Crippen LogP contribution in [0.15, 0.2) is 28.8 Å². The van der Waals surface area contributed by atoms with Gasteiger partial charge in [-0.2, -0.15) is 0 Å². The molecule has 0 aromatic rings. The van der Waals surface area contributed by atoms with Crippen molar-refractivity contribution < 1.29 is 0 Å². The number of hydrogen-bond donors (Lipinski definition) is 0. The minimum absolute atomic E-state index is 0.589. The molecule has 54 valence electrons. The number of nitrogens with zero attached hydrogens (tertiary/aromatic N) is 1. The van der Waals surface area contributed by atoms with Gasteiger partial charge in [-0.3, -0.25) is 4.99 Å². The number of allylic oxidation sites excluding steroid dienone is 3. The van der Waals surface area contributed by atoms with Crippen LogP contribution < -0.4 is 0 Å². The third kappa shape index (κ3) is 1.83. The van der Waals surface area contributed by atoms with Crippen molar-refractivity contribution >= 4 is 6.21 Å². The average Bonchev–Trinajstić information content (AvgIpc) is 2.12. The third-order valence-electron chi connectivity index (χ3n) is 1.54. The smallest absolute Gasteiger partial charge is 0.0573 e. The molecule has 0 amide bonds. The minimum Gasteiger partial charge on any atom is -0.289 e. The van der Waals surface area contributed by atoms with Gasteiger partial charge in [-0.05, 0) is 11.5 Å². The van der Waals surface area contributed by atoms with E-state index in [9.17, 15) is 0 Å². The van der Waals surface area contributed by atoms with Crippen molar-refractivity contribution in [2.24, 2.45) is 10.9 Å². The SMILES string of the molecule is CC(C)C1=CC=CCN=C1. The molecule has 1 aliphatic rings. The largest absolute Gasteiger partial charge is 0.289 e. The van der Waals surface area contributed by atoms with Gasteiger partial charge >= 0.3 is 0 Å². The molecule has 0 saturated carbocycles. The first-order chi connectivity index (χ1) is 4.80. The Balaban J connectivity index is 2.73. The molecule has 0 fully saturated rings. The van der Waals surface area contributed by atoms with E-state index < -0.39 is 0 Å². The topological polar surface area (TPSA) is 12.4 Å². The molecule has 0 aliphatic carbocycles. The van der Waals surface area contributed by atoms with Crippen LogP contribution in [0.2, 0.25) is 0 Å². The Morgan fingerprint density at radius 3 is 3.00 bits per heavy atom. The Bertz CT molecular complexity index is 185. The standard InChI is InChI=1S/C9H13N/c1-8(2)9-5-3-4-6-10-7-9/h3-5,7-8H,6H2,1-2H3. The van der Waals surface area contributed by atoms with Gasteiger partial charge in [0.05, 0.1) is 6.54 Å². The highest BCUT2D eigenvalue weighted by atomic mass is 14.7. The molecule has 0 unspecified atom stereocenters. The van der Waals surface area contributed by atoms with Gasteiger partial charge in [-0.15, -0.1) is 0 Å². The summed E-state index contributed by atoms with van der Waals surface area (Å²) in [5.41, 5.74) is 1.31. The van der Waals surface area contributed by atoms with E-state index >= 15 is 0 Å². The van der Waals surface area contributed by atoms with Gasteiger partial charge in [-0.25, -0.2) is 0 Å². The molecule has 1 heteroatoms. The maximum Gasteiger partial charge on any atom is 0.0573 e. The van der Waals surface area contributed by atoms with Crippen molar-refractivity contribution in [2.45, 2.75) is 13.8 Å². The summed E-state index contributed by atoms with van der Waals surface area (Å²) in [4.78, 5) is 4.19. The lowest BCUT2D eigenvalue weighted by Crippen LogP contribution is -1.93. The quantitative estimate of drug-likeness (QED) is 0.522. The van der Waals surface area contributed by atoms with Crippen LogP contribution in [-0.2, 0) is 0 Å². The molecule has 1 heterocycles. The molecule has 0 N–H and O–H groups in total. The zero-order chi connectivity index (χ0) is 7.40. The van der Waals surface area contributed by atoms with Gasteiger partial charge in [0.25, 0.3) is 0 Å². The van der Waals surface area contributed by atoms with Crippen molar-refractivity contribution in [3.63, 3.8) is 0 Å². The second-order valence-electron chi connectivity index (χ2n) is 2.74. The summed E-state index contributed by atoms with van der Waals surface area (Å²) >= 11 is 0. The summed E-state index contributed by atoms with van der Waals surface area (Å²) in [7, 11) is 0. The van der Waals surface area contributed by atoms with Crippen LogP contribution in [0, 0.1) is 5.92 Å². The van der Waals surface area contributed by atoms with Crippen molar-refractivity contribution in [1.29, 1.82) is 0 Å². The minimum atomic E-state index is 0.589. The molecule has 0 aromatic carbocycles. The molecule has 1 aliphatic heterocycles. The van der Waals surface area contributed by atoms with Crippen LogP contribution in [0.3, 0.4) is 0 Å². The van der Waals surface area contributed by atoms with Crippen LogP contribution in [0.4, 0.5) is 0 Å². The Morgan fingerprint density at radius 2 is 2.30 bits per heavy atom. The predicted octanol–water partition coefficient (Wildman–Crippen LogP) is 2.21. The van der Waals surface area contributed by atoms with Crippen molar-refractivity contribution in [2.75, 3.05) is 6.54 Å². The molecule has 1 rings (SSSR count). The first-order valence-corrected chi connectivity index (χ1v) is 3.67. The highest BCUT2D eigenvalue weighted by molar-refractivity contribution is 5.80. The molecular weight excluding hydrogens is 122 g/mol. The van der Waals surface area contributed by atoms with E-state index in [1.165, 1.54) is 5.57 Å². The van der Waals surface area contributed by atoms with Gasteiger partial charge in [0.2, 0.25) is 0 Å². The fourth-order valence-corrected chi connectivity index (χ4v) is 0.844. The first kappa shape index (κ1) is 7.26. The first-order valence-electron chi connectivity index (χ1n) is 3.67. The summed E-state index contributed by atoms with van der Waals surface area (Å²) in [6, 6.07) is 0. The lowest BCUT2D eigenvalue weighted by atomic mass is 10.0. The predicted molar refractivity (Wildman–Crippen MR) is 45.4 cm³/mol. The van der Waals surface area contributed by atoms with E-state index in [0.717, 1.165) is 6.54 Å². The van der Waals surface area contributed by atoms with E-state index in [4.69, 9.17) is 0 Å². The van der Waals surface area contributed by atoms with E-state index in [1.807, 2.05) is 6.21 Å². The Labute approximate surface area is 62.2 Å². The molecule has 0 atom stereocenters. The average molecular weight is 135 g/mol. The van der Waals surface area contributed by atoms with E-state index in [2.05, 4.69) is 37.1 Å². The van der Waals surface area contributed by atoms with Crippen molar-refractivity contribution in [3.8, 4) is 0 Å². The van der Waals surface area contributed by atoms with E-state index in [0.29, 0.717) is 5.92 Å². The van der Waals surface area contributed by atoms with E-state index in [-0.39, 0.29) is 0 Å². The van der Waals surface area contributed by atoms with Crippen LogP contribution in [0.1, 0.15) is 13.8 Å². The monoisotopic (exact) mass is 135 g/mol. The molecular formula is C9H13N. The fourth-order valence-electron chi connectivity index (χ4n) is 0.844. The number of rotatable bonds is 1. The van der Waals surface area contributed by atoms with Gasteiger partial charge in [0.15, 0.2) is 0 Å². The maximum absolute atomic E-state index is 4.19. The Kier molecular flexibility index (Phi) is 2.43. The Hall–Kier alpha value is -0.850. The van der Waals surface area contributed by atoms with E-state index in [1.54, 1.807) is 0 Å². The fraction of sp³-hybridized carbons (Fsp3) is 0.444. The normalized spacial score (nSPS) is 17.3. The van der Waals surface area contributed by atoms with Crippen molar-refractivity contribution in [1.82, 2.24) is 0 Å². The second kappa shape index (κ2) is 3.35. The molecule has 0 bridgehead atoms. The van der Waals surface area contributed by atoms with Gasteiger partial charge in [0.1, 0.15) is 0 Å². The molecule has 0 aromatic heterocycles. The maximum atomic E-state index is 4.19. The highest BCUT2D eigenvalue weighted by Gasteiger charge is 1.98. The summed E-state index contributed by atoms with van der Waals surface area (Å²) < 4.78 is 0. The molecule has 1 nitrogen and oxygen atoms in total.